The van der Waals surface area contributed by atoms with Crippen molar-refractivity contribution in [3.05, 3.63) is 94.8 Å². The minimum absolute atomic E-state index is 0.00406. The van der Waals surface area contributed by atoms with E-state index in [0.29, 0.717) is 28.8 Å². The first-order valence-electron chi connectivity index (χ1n) is 12.4. The first-order valence-corrected chi connectivity index (χ1v) is 12.8. The number of fused-ring (bicyclic) bond motifs is 1. The maximum atomic E-state index is 13.0. The third kappa shape index (κ3) is 5.75. The highest BCUT2D eigenvalue weighted by atomic mass is 35.5. The Bertz CT molecular complexity index is 1280. The monoisotopic (exact) mass is 487 g/mol. The van der Waals surface area contributed by atoms with Gasteiger partial charge in [-0.05, 0) is 74.7 Å². The Morgan fingerprint density at radius 1 is 1.03 bits per heavy atom. The molecule has 1 saturated heterocycles. The van der Waals surface area contributed by atoms with Crippen LogP contribution in [0.2, 0.25) is 5.02 Å². The summed E-state index contributed by atoms with van der Waals surface area (Å²) in [4.78, 5) is 17.9. The number of carbonyl (C=O) groups is 1. The van der Waals surface area contributed by atoms with Gasteiger partial charge in [0.25, 0.3) is 0 Å². The molecule has 5 rings (SSSR count). The molecule has 180 valence electrons. The molecule has 2 heterocycles. The number of carbonyl (C=O) groups excluding carboxylic acids is 1. The molecule has 1 fully saturated rings. The smallest absolute Gasteiger partial charge is 0.193 e. The summed E-state index contributed by atoms with van der Waals surface area (Å²) in [6, 6.07) is 23.1. The van der Waals surface area contributed by atoms with E-state index in [-0.39, 0.29) is 5.78 Å². The highest BCUT2D eigenvalue weighted by molar-refractivity contribution is 6.30. The number of halogens is 1. The number of hydrogen-bond donors (Lipinski definition) is 1. The molecule has 6 heteroatoms. The van der Waals surface area contributed by atoms with Crippen LogP contribution in [0, 0.1) is 0 Å². The minimum atomic E-state index is 0.00406. The van der Waals surface area contributed by atoms with Gasteiger partial charge in [0, 0.05) is 28.7 Å². The zero-order valence-electron chi connectivity index (χ0n) is 19.8. The van der Waals surface area contributed by atoms with Gasteiger partial charge in [-0.15, -0.1) is 0 Å². The molecular weight excluding hydrogens is 458 g/mol. The van der Waals surface area contributed by atoms with Crippen LogP contribution < -0.4 is 10.1 Å². The Kier molecular flexibility index (Phi) is 7.45. The normalized spacial score (nSPS) is 15.9. The number of nitrogens with zero attached hydrogens (tertiary/aromatic N) is 2. The summed E-state index contributed by atoms with van der Waals surface area (Å²) < 4.78 is 8.28. The first-order chi connectivity index (χ1) is 17.2. The molecule has 5 nitrogen and oxygen atoms in total. The summed E-state index contributed by atoms with van der Waals surface area (Å²) in [6.45, 7) is 2.33. The van der Waals surface area contributed by atoms with E-state index in [1.807, 2.05) is 72.8 Å². The molecular formula is C29H30ClN3O2. The lowest BCUT2D eigenvalue weighted by Gasteiger charge is -2.23. The van der Waals surface area contributed by atoms with Gasteiger partial charge < -0.3 is 14.6 Å². The minimum Gasteiger partial charge on any atom is -0.486 e. The lowest BCUT2D eigenvalue weighted by Crippen LogP contribution is -2.34. The van der Waals surface area contributed by atoms with E-state index in [4.69, 9.17) is 21.3 Å². The second-order valence-corrected chi connectivity index (χ2v) is 9.55. The summed E-state index contributed by atoms with van der Waals surface area (Å²) in [5.41, 5.74) is 3.17. The fourth-order valence-electron chi connectivity index (χ4n) is 4.78. The fraction of sp³-hybridized carbons (Fsp3) is 0.310. The molecule has 3 aromatic carbocycles. The number of rotatable bonds is 9. The Hall–Kier alpha value is -3.15. The molecule has 1 aromatic heterocycles. The van der Waals surface area contributed by atoms with Crippen LogP contribution in [0.25, 0.3) is 11.0 Å². The van der Waals surface area contributed by atoms with Crippen molar-refractivity contribution < 1.29 is 9.53 Å². The third-order valence-corrected chi connectivity index (χ3v) is 6.91. The third-order valence-electron chi connectivity index (χ3n) is 6.65. The van der Waals surface area contributed by atoms with Crippen LogP contribution >= 0.6 is 11.6 Å². The Labute approximate surface area is 211 Å². The summed E-state index contributed by atoms with van der Waals surface area (Å²) in [5.74, 6) is 1.61. The number of hydrogen-bond acceptors (Lipinski definition) is 4. The van der Waals surface area contributed by atoms with E-state index >= 15 is 0 Å². The molecule has 1 N–H and O–H groups in total. The van der Waals surface area contributed by atoms with Crippen LogP contribution in [0.4, 0.5) is 0 Å². The Balaban J connectivity index is 1.39. The van der Waals surface area contributed by atoms with E-state index < -0.39 is 0 Å². The van der Waals surface area contributed by atoms with Gasteiger partial charge in [-0.3, -0.25) is 4.79 Å². The number of ether oxygens (including phenoxy) is 1. The SMILES string of the molecule is O=C(c1ccccc1)c1ccc2c(c1)nc(COc1ccc(Cl)cc1)n2CCCC1CCCCN1. The molecule has 35 heavy (non-hydrogen) atoms. The average molecular weight is 488 g/mol. The largest absolute Gasteiger partial charge is 0.486 e. The molecule has 1 aliphatic heterocycles. The second kappa shape index (κ2) is 11.1. The van der Waals surface area contributed by atoms with Crippen molar-refractivity contribution >= 4 is 28.4 Å². The second-order valence-electron chi connectivity index (χ2n) is 9.11. The average Bonchev–Trinajstić information content (AvgIpc) is 3.25. The molecule has 0 amide bonds. The van der Waals surface area contributed by atoms with Gasteiger partial charge in [-0.2, -0.15) is 0 Å². The van der Waals surface area contributed by atoms with Gasteiger partial charge in [0.15, 0.2) is 5.78 Å². The summed E-state index contributed by atoms with van der Waals surface area (Å²) >= 11 is 6.01. The highest BCUT2D eigenvalue weighted by Gasteiger charge is 2.17. The molecule has 0 saturated carbocycles. The van der Waals surface area contributed by atoms with Crippen molar-refractivity contribution in [3.8, 4) is 5.75 Å². The maximum Gasteiger partial charge on any atom is 0.193 e. The first kappa shape index (κ1) is 23.6. The lowest BCUT2D eigenvalue weighted by atomic mass is 10.0. The van der Waals surface area contributed by atoms with Gasteiger partial charge in [-0.25, -0.2) is 4.98 Å². The van der Waals surface area contributed by atoms with Crippen LogP contribution in [0.1, 0.15) is 53.8 Å². The van der Waals surface area contributed by atoms with Crippen molar-refractivity contribution in [3.63, 3.8) is 0 Å². The summed E-state index contributed by atoms with van der Waals surface area (Å²) in [7, 11) is 0. The van der Waals surface area contributed by atoms with Crippen molar-refractivity contribution in [2.24, 2.45) is 0 Å². The van der Waals surface area contributed by atoms with Crippen LogP contribution in [0.5, 0.6) is 5.75 Å². The Morgan fingerprint density at radius 2 is 1.86 bits per heavy atom. The zero-order valence-corrected chi connectivity index (χ0v) is 20.5. The van der Waals surface area contributed by atoms with E-state index in [9.17, 15) is 4.79 Å². The van der Waals surface area contributed by atoms with Crippen molar-refractivity contribution in [2.75, 3.05) is 6.54 Å². The number of nitrogens with one attached hydrogen (secondary N) is 1. The Morgan fingerprint density at radius 3 is 2.63 bits per heavy atom. The molecule has 1 aliphatic rings. The lowest BCUT2D eigenvalue weighted by molar-refractivity contribution is 0.103. The number of imidazole rings is 1. The number of ketones is 1. The molecule has 1 atom stereocenters. The van der Waals surface area contributed by atoms with Gasteiger partial charge in [0.1, 0.15) is 18.2 Å². The van der Waals surface area contributed by atoms with Crippen LogP contribution in [0.3, 0.4) is 0 Å². The zero-order chi connectivity index (χ0) is 24.0. The number of benzene rings is 3. The van der Waals surface area contributed by atoms with Crippen LogP contribution in [-0.2, 0) is 13.2 Å². The van der Waals surface area contributed by atoms with Gasteiger partial charge >= 0.3 is 0 Å². The predicted octanol–water partition coefficient (Wildman–Crippen LogP) is 6.42. The van der Waals surface area contributed by atoms with Gasteiger partial charge in [0.2, 0.25) is 0 Å². The number of aryl methyl sites for hydroxylation is 1. The highest BCUT2D eigenvalue weighted by Crippen LogP contribution is 2.23. The molecule has 0 bridgehead atoms. The van der Waals surface area contributed by atoms with Crippen molar-refractivity contribution in [1.29, 1.82) is 0 Å². The van der Waals surface area contributed by atoms with E-state index in [0.717, 1.165) is 48.5 Å². The molecule has 1 unspecified atom stereocenters. The fourth-order valence-corrected chi connectivity index (χ4v) is 4.91. The molecule has 0 aliphatic carbocycles. The van der Waals surface area contributed by atoms with Crippen molar-refractivity contribution in [2.45, 2.75) is 51.3 Å². The van der Waals surface area contributed by atoms with Gasteiger partial charge in [0.05, 0.1) is 11.0 Å². The van der Waals surface area contributed by atoms with E-state index in [1.54, 1.807) is 0 Å². The number of piperidine rings is 1. The number of aromatic nitrogens is 2. The maximum absolute atomic E-state index is 13.0. The van der Waals surface area contributed by atoms with E-state index in [1.165, 1.54) is 19.3 Å². The van der Waals surface area contributed by atoms with Crippen molar-refractivity contribution in [1.82, 2.24) is 14.9 Å². The molecule has 0 radical (unpaired) electrons. The van der Waals surface area contributed by atoms with Gasteiger partial charge in [-0.1, -0.05) is 48.4 Å². The predicted molar refractivity (Wildman–Crippen MR) is 140 cm³/mol. The standard InChI is InChI=1S/C29H30ClN3O2/c30-23-12-14-25(15-13-23)35-20-28-32-26-19-22(29(34)21-7-2-1-3-8-21)11-16-27(26)33(28)18-6-10-24-9-4-5-17-31-24/h1-3,7-8,11-16,19,24,31H,4-6,9-10,17-18,20H2. The quantitative estimate of drug-likeness (QED) is 0.277. The summed E-state index contributed by atoms with van der Waals surface area (Å²) in [5, 5.41) is 4.32. The molecule has 0 spiro atoms. The van der Waals surface area contributed by atoms with Crippen LogP contribution in [-0.4, -0.2) is 27.9 Å². The topological polar surface area (TPSA) is 56.1 Å². The van der Waals surface area contributed by atoms with Crippen LogP contribution in [0.15, 0.2) is 72.8 Å². The summed E-state index contributed by atoms with van der Waals surface area (Å²) in [6.07, 6.45) is 6.04. The molecule has 4 aromatic rings. The van der Waals surface area contributed by atoms with E-state index in [2.05, 4.69) is 9.88 Å².